The van der Waals surface area contributed by atoms with Gasteiger partial charge in [0.2, 0.25) is 0 Å². The Morgan fingerprint density at radius 2 is 2.13 bits per heavy atom. The zero-order valence-corrected chi connectivity index (χ0v) is 8.39. The van der Waals surface area contributed by atoms with Crippen molar-refractivity contribution in [3.63, 3.8) is 0 Å². The van der Waals surface area contributed by atoms with Crippen LogP contribution in [-0.4, -0.2) is 11.5 Å². The molecule has 1 aliphatic rings. The summed E-state index contributed by atoms with van der Waals surface area (Å²) in [5.74, 6) is 0. The third-order valence-electron chi connectivity index (χ3n) is 2.66. The maximum atomic E-state index is 10.8. The van der Waals surface area contributed by atoms with Crippen molar-refractivity contribution in [2.75, 3.05) is 6.61 Å². The first kappa shape index (κ1) is 10.1. The Balaban J connectivity index is 2.29. The van der Waals surface area contributed by atoms with Gasteiger partial charge in [0.1, 0.15) is 0 Å². The first-order chi connectivity index (χ1) is 7.29. The Morgan fingerprint density at radius 1 is 1.33 bits per heavy atom. The van der Waals surface area contributed by atoms with Crippen LogP contribution in [0.15, 0.2) is 24.3 Å². The van der Waals surface area contributed by atoms with Crippen molar-refractivity contribution in [3.8, 4) is 0 Å². The molecule has 1 fully saturated rings. The largest absolute Gasteiger partial charge is 0.373 e. The quantitative estimate of drug-likeness (QED) is 0.553. The second kappa shape index (κ2) is 4.40. The van der Waals surface area contributed by atoms with E-state index in [1.807, 2.05) is 6.07 Å². The zero-order chi connectivity index (χ0) is 10.7. The Labute approximate surface area is 88.0 Å². The molecule has 0 bridgehead atoms. The van der Waals surface area contributed by atoms with Crippen LogP contribution in [0.1, 0.15) is 30.9 Å². The van der Waals surface area contributed by atoms with Gasteiger partial charge in [-0.05, 0) is 25.3 Å². The molecule has 0 N–H and O–H groups in total. The maximum Gasteiger partial charge on any atom is 0.275 e. The predicted octanol–water partition coefficient (Wildman–Crippen LogP) is 2.84. The molecular weight excluding hydrogens is 194 g/mol. The molecule has 1 atom stereocenters. The molecule has 0 radical (unpaired) electrons. The highest BCUT2D eigenvalue weighted by atomic mass is 16.6. The first-order valence-electron chi connectivity index (χ1n) is 5.14. The van der Waals surface area contributed by atoms with Crippen molar-refractivity contribution in [1.29, 1.82) is 0 Å². The summed E-state index contributed by atoms with van der Waals surface area (Å²) in [4.78, 5) is 10.5. The van der Waals surface area contributed by atoms with E-state index in [9.17, 15) is 10.1 Å². The lowest BCUT2D eigenvalue weighted by atomic mass is 10.00. The molecule has 0 amide bonds. The van der Waals surface area contributed by atoms with Crippen LogP contribution in [0, 0.1) is 10.1 Å². The molecule has 80 valence electrons. The van der Waals surface area contributed by atoms with Crippen molar-refractivity contribution < 1.29 is 9.66 Å². The summed E-state index contributed by atoms with van der Waals surface area (Å²) >= 11 is 0. The van der Waals surface area contributed by atoms with Crippen molar-refractivity contribution in [2.24, 2.45) is 0 Å². The van der Waals surface area contributed by atoms with Gasteiger partial charge in [-0.1, -0.05) is 12.1 Å². The van der Waals surface area contributed by atoms with E-state index in [4.69, 9.17) is 4.74 Å². The number of nitro groups is 1. The fraction of sp³-hybridized carbons (Fsp3) is 0.455. The minimum Gasteiger partial charge on any atom is -0.373 e. The molecule has 1 aromatic rings. The van der Waals surface area contributed by atoms with Crippen LogP contribution in [0.25, 0.3) is 0 Å². The summed E-state index contributed by atoms with van der Waals surface area (Å²) in [6, 6.07) is 6.83. The van der Waals surface area contributed by atoms with Gasteiger partial charge in [-0.15, -0.1) is 0 Å². The third kappa shape index (κ3) is 2.15. The number of benzene rings is 1. The molecule has 1 aliphatic heterocycles. The summed E-state index contributed by atoms with van der Waals surface area (Å²) in [5, 5.41) is 10.8. The van der Waals surface area contributed by atoms with E-state index < -0.39 is 0 Å². The Bertz CT molecular complexity index is 359. The van der Waals surface area contributed by atoms with E-state index in [0.717, 1.165) is 19.3 Å². The zero-order valence-electron chi connectivity index (χ0n) is 8.39. The van der Waals surface area contributed by atoms with E-state index in [-0.39, 0.29) is 16.7 Å². The van der Waals surface area contributed by atoms with Gasteiger partial charge in [0.05, 0.1) is 16.6 Å². The van der Waals surface area contributed by atoms with Crippen LogP contribution in [0.2, 0.25) is 0 Å². The molecule has 1 heterocycles. The fourth-order valence-electron chi connectivity index (χ4n) is 1.91. The van der Waals surface area contributed by atoms with Crippen LogP contribution in [0.5, 0.6) is 0 Å². The lowest BCUT2D eigenvalue weighted by Gasteiger charge is -2.22. The topological polar surface area (TPSA) is 52.4 Å². The average Bonchev–Trinajstić information content (AvgIpc) is 2.30. The van der Waals surface area contributed by atoms with Gasteiger partial charge in [-0.25, -0.2) is 0 Å². The van der Waals surface area contributed by atoms with Crippen LogP contribution < -0.4 is 0 Å². The Morgan fingerprint density at radius 3 is 2.80 bits per heavy atom. The molecule has 2 rings (SSSR count). The van der Waals surface area contributed by atoms with Crippen LogP contribution in [0.3, 0.4) is 0 Å². The molecule has 4 heteroatoms. The van der Waals surface area contributed by atoms with Gasteiger partial charge in [-0.2, -0.15) is 0 Å². The van der Waals surface area contributed by atoms with E-state index in [1.54, 1.807) is 12.1 Å². The SMILES string of the molecule is O=[N+]([O-])c1ccccc1C1CCCCO1. The molecule has 0 aliphatic carbocycles. The van der Waals surface area contributed by atoms with Crippen LogP contribution in [-0.2, 0) is 4.74 Å². The number of nitrogens with zero attached hydrogens (tertiary/aromatic N) is 1. The number of hydrogen-bond donors (Lipinski definition) is 0. The van der Waals surface area contributed by atoms with Gasteiger partial charge in [0.25, 0.3) is 5.69 Å². The fourth-order valence-corrected chi connectivity index (χ4v) is 1.91. The predicted molar refractivity (Wildman–Crippen MR) is 55.6 cm³/mol. The molecule has 1 unspecified atom stereocenters. The second-order valence-corrected chi connectivity index (χ2v) is 3.67. The summed E-state index contributed by atoms with van der Waals surface area (Å²) < 4.78 is 5.55. The van der Waals surface area contributed by atoms with Crippen molar-refractivity contribution in [1.82, 2.24) is 0 Å². The first-order valence-corrected chi connectivity index (χ1v) is 5.14. The third-order valence-corrected chi connectivity index (χ3v) is 2.66. The standard InChI is InChI=1S/C11H13NO3/c13-12(14)10-6-2-1-5-9(10)11-7-3-4-8-15-11/h1-2,5-6,11H,3-4,7-8H2. The van der Waals surface area contributed by atoms with Gasteiger partial charge < -0.3 is 4.74 Å². The lowest BCUT2D eigenvalue weighted by Crippen LogP contribution is -2.12. The van der Waals surface area contributed by atoms with E-state index in [0.29, 0.717) is 12.2 Å². The van der Waals surface area contributed by atoms with E-state index in [2.05, 4.69) is 0 Å². The summed E-state index contributed by atoms with van der Waals surface area (Å²) in [6.07, 6.45) is 2.92. The highest BCUT2D eigenvalue weighted by Gasteiger charge is 2.23. The number of ether oxygens (including phenoxy) is 1. The van der Waals surface area contributed by atoms with E-state index >= 15 is 0 Å². The number of para-hydroxylation sites is 1. The van der Waals surface area contributed by atoms with Crippen LogP contribution in [0.4, 0.5) is 5.69 Å². The molecule has 0 aromatic heterocycles. The number of hydrogen-bond acceptors (Lipinski definition) is 3. The summed E-state index contributed by atoms with van der Waals surface area (Å²) in [7, 11) is 0. The molecule has 1 saturated heterocycles. The highest BCUT2D eigenvalue weighted by Crippen LogP contribution is 2.33. The molecule has 0 saturated carbocycles. The second-order valence-electron chi connectivity index (χ2n) is 3.67. The lowest BCUT2D eigenvalue weighted by molar-refractivity contribution is -0.386. The molecule has 1 aromatic carbocycles. The van der Waals surface area contributed by atoms with Crippen LogP contribution >= 0.6 is 0 Å². The molecule has 15 heavy (non-hydrogen) atoms. The van der Waals surface area contributed by atoms with Gasteiger partial charge in [-0.3, -0.25) is 10.1 Å². The molecular formula is C11H13NO3. The average molecular weight is 207 g/mol. The minimum absolute atomic E-state index is 0.0969. The van der Waals surface area contributed by atoms with Gasteiger partial charge in [0, 0.05) is 12.7 Å². The number of nitro benzene ring substituents is 1. The van der Waals surface area contributed by atoms with Gasteiger partial charge >= 0.3 is 0 Å². The van der Waals surface area contributed by atoms with Crippen molar-refractivity contribution in [3.05, 3.63) is 39.9 Å². The van der Waals surface area contributed by atoms with Gasteiger partial charge in [0.15, 0.2) is 0 Å². The van der Waals surface area contributed by atoms with Crippen molar-refractivity contribution >= 4 is 5.69 Å². The Hall–Kier alpha value is -1.42. The van der Waals surface area contributed by atoms with Crippen molar-refractivity contribution in [2.45, 2.75) is 25.4 Å². The minimum atomic E-state index is -0.340. The Kier molecular flexibility index (Phi) is 2.97. The monoisotopic (exact) mass is 207 g/mol. The summed E-state index contributed by atoms with van der Waals surface area (Å²) in [6.45, 7) is 0.705. The van der Waals surface area contributed by atoms with E-state index in [1.165, 1.54) is 6.07 Å². The summed E-state index contributed by atoms with van der Waals surface area (Å²) in [5.41, 5.74) is 0.881. The smallest absolute Gasteiger partial charge is 0.275 e. The molecule has 0 spiro atoms. The molecule has 4 nitrogen and oxygen atoms in total. The highest BCUT2D eigenvalue weighted by molar-refractivity contribution is 5.41. The normalized spacial score (nSPS) is 21.2. The maximum absolute atomic E-state index is 10.8. The number of rotatable bonds is 2.